The van der Waals surface area contributed by atoms with Crippen molar-refractivity contribution < 1.29 is 14.3 Å². The van der Waals surface area contributed by atoms with Gasteiger partial charge >= 0.3 is 5.97 Å². The number of hydrogen-bond acceptors (Lipinski definition) is 5. The molecular weight excluding hydrogens is 412 g/mol. The molecule has 0 N–H and O–H groups in total. The van der Waals surface area contributed by atoms with Crippen LogP contribution in [-0.2, 0) is 6.42 Å². The summed E-state index contributed by atoms with van der Waals surface area (Å²) in [5.41, 5.74) is 3.77. The fraction of sp³-hybridized carbons (Fsp3) is 0.320. The molecule has 2 aromatic carbocycles. The Morgan fingerprint density at radius 1 is 1.13 bits per heavy atom. The molecule has 1 fully saturated rings. The molecule has 1 aromatic heterocycles. The van der Waals surface area contributed by atoms with Crippen LogP contribution in [0.25, 0.3) is 0 Å². The highest BCUT2D eigenvalue weighted by atomic mass is 35.5. The van der Waals surface area contributed by atoms with Gasteiger partial charge in [-0.2, -0.15) is 0 Å². The minimum atomic E-state index is -0.497. The van der Waals surface area contributed by atoms with Crippen molar-refractivity contribution in [2.24, 2.45) is 0 Å². The number of carbonyl (C=O) groups is 1. The van der Waals surface area contributed by atoms with E-state index in [-0.39, 0.29) is 16.8 Å². The first-order chi connectivity index (χ1) is 15.0. The third-order valence-electron chi connectivity index (χ3n) is 5.37. The number of benzene rings is 2. The number of ether oxygens (including phenoxy) is 2. The van der Waals surface area contributed by atoms with Crippen molar-refractivity contribution in [3.63, 3.8) is 0 Å². The Kier molecular flexibility index (Phi) is 6.52. The lowest BCUT2D eigenvalue weighted by Crippen LogP contribution is -2.10. The van der Waals surface area contributed by atoms with Gasteiger partial charge in [-0.25, -0.2) is 4.79 Å². The molecule has 3 aromatic rings. The zero-order chi connectivity index (χ0) is 21.8. The maximum absolute atomic E-state index is 12.7. The molecule has 1 aliphatic rings. The molecular formula is C25H25ClN2O3. The maximum atomic E-state index is 12.7. The number of rotatable bonds is 8. The lowest BCUT2D eigenvalue weighted by atomic mass is 10.1. The smallest absolute Gasteiger partial charge is 0.343 e. The van der Waals surface area contributed by atoms with Crippen molar-refractivity contribution in [3.8, 4) is 17.4 Å². The van der Waals surface area contributed by atoms with Crippen molar-refractivity contribution >= 4 is 17.6 Å². The van der Waals surface area contributed by atoms with E-state index in [1.807, 2.05) is 31.2 Å². The highest BCUT2D eigenvalue weighted by Gasteiger charge is 2.28. The molecule has 0 radical (unpaired) electrons. The zero-order valence-corrected chi connectivity index (χ0v) is 18.5. The second-order valence-electron chi connectivity index (χ2n) is 7.90. The summed E-state index contributed by atoms with van der Waals surface area (Å²) in [5.74, 6) is 0.994. The van der Waals surface area contributed by atoms with Gasteiger partial charge in [-0.05, 0) is 67.3 Å². The molecule has 6 heteroatoms. The van der Waals surface area contributed by atoms with Gasteiger partial charge in [-0.1, -0.05) is 55.3 Å². The van der Waals surface area contributed by atoms with E-state index < -0.39 is 5.97 Å². The van der Waals surface area contributed by atoms with Gasteiger partial charge < -0.3 is 9.47 Å². The topological polar surface area (TPSA) is 61.3 Å². The van der Waals surface area contributed by atoms with Crippen molar-refractivity contribution in [3.05, 3.63) is 75.9 Å². The molecule has 0 aliphatic heterocycles. The number of carbonyl (C=O) groups excluding carboxylic acids is 1. The van der Waals surface area contributed by atoms with Crippen molar-refractivity contribution in [2.45, 2.75) is 51.9 Å². The van der Waals surface area contributed by atoms with Crippen LogP contribution in [0.15, 0.2) is 48.5 Å². The van der Waals surface area contributed by atoms with Gasteiger partial charge in [0.25, 0.3) is 5.88 Å². The van der Waals surface area contributed by atoms with Gasteiger partial charge in [0.2, 0.25) is 0 Å². The minimum absolute atomic E-state index is 0.119. The zero-order valence-electron chi connectivity index (χ0n) is 17.7. The predicted molar refractivity (Wildman–Crippen MR) is 120 cm³/mol. The second-order valence-corrected chi connectivity index (χ2v) is 8.28. The summed E-state index contributed by atoms with van der Waals surface area (Å²) in [6, 6.07) is 15.0. The first kappa shape index (κ1) is 21.3. The Bertz CT molecular complexity index is 1080. The Labute approximate surface area is 187 Å². The number of hydrogen-bond donors (Lipinski definition) is 0. The van der Waals surface area contributed by atoms with E-state index in [1.165, 1.54) is 11.6 Å². The van der Waals surface area contributed by atoms with Gasteiger partial charge in [0.15, 0.2) is 10.9 Å². The van der Waals surface area contributed by atoms with Gasteiger partial charge in [0, 0.05) is 6.07 Å². The summed E-state index contributed by atoms with van der Waals surface area (Å²) in [7, 11) is 0. The monoisotopic (exact) mass is 436 g/mol. The van der Waals surface area contributed by atoms with Crippen LogP contribution < -0.4 is 9.47 Å². The van der Waals surface area contributed by atoms with Crippen LogP contribution >= 0.6 is 11.6 Å². The first-order valence-corrected chi connectivity index (χ1v) is 11.0. The molecule has 0 amide bonds. The quantitative estimate of drug-likeness (QED) is 0.369. The van der Waals surface area contributed by atoms with Crippen LogP contribution in [0.2, 0.25) is 5.15 Å². The summed E-state index contributed by atoms with van der Waals surface area (Å²) in [4.78, 5) is 12.7. The second kappa shape index (κ2) is 9.48. The molecule has 1 saturated carbocycles. The van der Waals surface area contributed by atoms with Gasteiger partial charge in [0.1, 0.15) is 5.75 Å². The maximum Gasteiger partial charge on any atom is 0.343 e. The Morgan fingerprint density at radius 3 is 2.61 bits per heavy atom. The molecule has 1 heterocycles. The van der Waals surface area contributed by atoms with Crippen LogP contribution in [0.3, 0.4) is 0 Å². The minimum Gasteiger partial charge on any atom is -0.434 e. The standard InChI is InChI=1S/C25H25ClN2O3/c1-3-4-7-17-9-11-19(12-10-17)25(29)30-21-15-22(26)27-28-24(21)31-23-16(2)6-5-8-20(23)18-13-14-18/h5-6,8-12,15,18H,3-4,7,13-14H2,1-2H3. The van der Waals surface area contributed by atoms with Crippen LogP contribution in [0.4, 0.5) is 0 Å². The molecule has 5 nitrogen and oxygen atoms in total. The molecule has 0 atom stereocenters. The lowest BCUT2D eigenvalue weighted by Gasteiger charge is -2.15. The molecule has 0 spiro atoms. The summed E-state index contributed by atoms with van der Waals surface area (Å²) in [6.45, 7) is 4.14. The van der Waals surface area contributed by atoms with Crippen LogP contribution in [-0.4, -0.2) is 16.2 Å². The van der Waals surface area contributed by atoms with Gasteiger partial charge in [-0.3, -0.25) is 0 Å². The Morgan fingerprint density at radius 2 is 1.90 bits per heavy atom. The van der Waals surface area contributed by atoms with E-state index in [4.69, 9.17) is 21.1 Å². The number of aromatic nitrogens is 2. The molecule has 31 heavy (non-hydrogen) atoms. The molecule has 0 unspecified atom stereocenters. The van der Waals surface area contributed by atoms with E-state index in [1.54, 1.807) is 12.1 Å². The first-order valence-electron chi connectivity index (χ1n) is 10.7. The number of para-hydroxylation sites is 1. The lowest BCUT2D eigenvalue weighted by molar-refractivity contribution is 0.0729. The van der Waals surface area contributed by atoms with Gasteiger partial charge in [-0.15, -0.1) is 10.2 Å². The van der Waals surface area contributed by atoms with E-state index in [2.05, 4.69) is 23.2 Å². The third-order valence-corrected chi connectivity index (χ3v) is 5.55. The predicted octanol–water partition coefficient (Wildman–Crippen LogP) is 6.67. The van der Waals surface area contributed by atoms with E-state index >= 15 is 0 Å². The van der Waals surface area contributed by atoms with Crippen LogP contribution in [0, 0.1) is 6.92 Å². The van der Waals surface area contributed by atoms with E-state index in [0.29, 0.717) is 11.5 Å². The summed E-state index contributed by atoms with van der Waals surface area (Å²) < 4.78 is 11.7. The molecule has 0 bridgehead atoms. The summed E-state index contributed by atoms with van der Waals surface area (Å²) in [6.07, 6.45) is 5.52. The molecule has 1 aliphatic carbocycles. The average Bonchev–Trinajstić information content (AvgIpc) is 3.61. The number of nitrogens with zero attached hydrogens (tertiary/aromatic N) is 2. The number of halogens is 1. The Hall–Kier alpha value is -2.92. The van der Waals surface area contributed by atoms with E-state index in [0.717, 1.165) is 49.0 Å². The highest BCUT2D eigenvalue weighted by Crippen LogP contribution is 2.46. The SMILES string of the molecule is CCCCc1ccc(C(=O)Oc2cc(Cl)nnc2Oc2c(C)cccc2C2CC2)cc1. The summed E-state index contributed by atoms with van der Waals surface area (Å²) >= 11 is 6.02. The number of aryl methyl sites for hydroxylation is 2. The molecule has 160 valence electrons. The molecule has 4 rings (SSSR count). The third kappa shape index (κ3) is 5.23. The van der Waals surface area contributed by atoms with E-state index in [9.17, 15) is 4.79 Å². The van der Waals surface area contributed by atoms with Crippen molar-refractivity contribution in [1.29, 1.82) is 0 Å². The van der Waals surface area contributed by atoms with Crippen molar-refractivity contribution in [2.75, 3.05) is 0 Å². The number of esters is 1. The normalized spacial score (nSPS) is 13.1. The fourth-order valence-corrected chi connectivity index (χ4v) is 3.60. The molecule has 0 saturated heterocycles. The number of unbranched alkanes of at least 4 members (excludes halogenated alkanes) is 1. The van der Waals surface area contributed by atoms with Crippen LogP contribution in [0.1, 0.15) is 65.6 Å². The van der Waals surface area contributed by atoms with Gasteiger partial charge in [0.05, 0.1) is 5.56 Å². The highest BCUT2D eigenvalue weighted by molar-refractivity contribution is 6.29. The summed E-state index contributed by atoms with van der Waals surface area (Å²) in [5, 5.41) is 8.05. The average molecular weight is 437 g/mol. The van der Waals surface area contributed by atoms with Crippen LogP contribution in [0.5, 0.6) is 17.4 Å². The fourth-order valence-electron chi connectivity index (χ4n) is 3.46. The van der Waals surface area contributed by atoms with Crippen molar-refractivity contribution in [1.82, 2.24) is 10.2 Å². The largest absolute Gasteiger partial charge is 0.434 e. The Balaban J connectivity index is 1.56.